The quantitative estimate of drug-likeness (QED) is 0.0199. The lowest BCUT2D eigenvalue weighted by Crippen LogP contribution is -2.30. The van der Waals surface area contributed by atoms with E-state index in [0.717, 1.165) is 96.3 Å². The summed E-state index contributed by atoms with van der Waals surface area (Å²) < 4.78 is 16.8. The predicted molar refractivity (Wildman–Crippen MR) is 275 cm³/mol. The fourth-order valence-electron chi connectivity index (χ4n) is 7.90. The Labute approximate surface area is 397 Å². The van der Waals surface area contributed by atoms with Crippen LogP contribution in [0.25, 0.3) is 0 Å². The number of hydrogen-bond donors (Lipinski definition) is 0. The molecule has 64 heavy (non-hydrogen) atoms. The highest BCUT2D eigenvalue weighted by Crippen LogP contribution is 2.16. The summed E-state index contributed by atoms with van der Waals surface area (Å²) in [5.41, 5.74) is 0. The summed E-state index contributed by atoms with van der Waals surface area (Å²) in [6.45, 7) is 6.58. The molecule has 0 spiro atoms. The average Bonchev–Trinajstić information content (AvgIpc) is 3.29. The van der Waals surface area contributed by atoms with Gasteiger partial charge in [0.1, 0.15) is 13.2 Å². The van der Waals surface area contributed by atoms with Gasteiger partial charge in [0, 0.05) is 19.3 Å². The number of carbonyl (C=O) groups is 3. The Bertz CT molecular complexity index is 1120. The second-order valence-corrected chi connectivity index (χ2v) is 18.6. The van der Waals surface area contributed by atoms with Crippen molar-refractivity contribution >= 4 is 17.9 Å². The summed E-state index contributed by atoms with van der Waals surface area (Å²) in [5, 5.41) is 0. The molecule has 0 aliphatic heterocycles. The maximum Gasteiger partial charge on any atom is 0.306 e. The Balaban J connectivity index is 4.34. The summed E-state index contributed by atoms with van der Waals surface area (Å²) in [5.74, 6) is -0.905. The van der Waals surface area contributed by atoms with Crippen molar-refractivity contribution in [3.8, 4) is 0 Å². The van der Waals surface area contributed by atoms with Crippen molar-refractivity contribution in [1.82, 2.24) is 0 Å². The molecule has 0 saturated carbocycles. The highest BCUT2D eigenvalue weighted by molar-refractivity contribution is 5.71. The number of unbranched alkanes of at least 4 members (excludes halogenated alkanes) is 33. The van der Waals surface area contributed by atoms with Gasteiger partial charge < -0.3 is 14.2 Å². The maximum absolute atomic E-state index is 12.8. The largest absolute Gasteiger partial charge is 0.462 e. The number of hydrogen-bond acceptors (Lipinski definition) is 6. The van der Waals surface area contributed by atoms with Gasteiger partial charge in [-0.1, -0.05) is 249 Å². The van der Waals surface area contributed by atoms with Gasteiger partial charge in [-0.15, -0.1) is 0 Å². The first-order chi connectivity index (χ1) is 31.5. The van der Waals surface area contributed by atoms with E-state index in [4.69, 9.17) is 14.2 Å². The molecule has 0 radical (unpaired) electrons. The van der Waals surface area contributed by atoms with Crippen molar-refractivity contribution < 1.29 is 28.6 Å². The third-order valence-electron chi connectivity index (χ3n) is 12.1. The summed E-state index contributed by atoms with van der Waals surface area (Å²) >= 11 is 0. The van der Waals surface area contributed by atoms with Crippen molar-refractivity contribution in [3.05, 3.63) is 48.6 Å². The second-order valence-electron chi connectivity index (χ2n) is 18.6. The van der Waals surface area contributed by atoms with Crippen LogP contribution in [0, 0.1) is 0 Å². The van der Waals surface area contributed by atoms with Gasteiger partial charge in [-0.3, -0.25) is 14.4 Å². The van der Waals surface area contributed by atoms with Gasteiger partial charge in [0.2, 0.25) is 0 Å². The van der Waals surface area contributed by atoms with Crippen molar-refractivity contribution in [3.63, 3.8) is 0 Å². The lowest BCUT2D eigenvalue weighted by atomic mass is 10.0. The first-order valence-corrected chi connectivity index (χ1v) is 27.7. The number of allylic oxidation sites excluding steroid dienone is 8. The Morgan fingerprint density at radius 2 is 0.594 bits per heavy atom. The average molecular weight is 897 g/mol. The number of esters is 3. The predicted octanol–water partition coefficient (Wildman–Crippen LogP) is 18.3. The smallest absolute Gasteiger partial charge is 0.306 e. The van der Waals surface area contributed by atoms with Crippen molar-refractivity contribution in [2.45, 2.75) is 290 Å². The summed E-state index contributed by atoms with van der Waals surface area (Å²) in [4.78, 5) is 38.0. The molecule has 0 bridgehead atoms. The van der Waals surface area contributed by atoms with Crippen LogP contribution >= 0.6 is 0 Å². The molecular weight excluding hydrogens is 793 g/mol. The third kappa shape index (κ3) is 50.4. The molecule has 0 aromatic heterocycles. The van der Waals surface area contributed by atoms with Crippen LogP contribution < -0.4 is 0 Å². The zero-order valence-corrected chi connectivity index (χ0v) is 42.6. The molecule has 0 fully saturated rings. The topological polar surface area (TPSA) is 78.9 Å². The zero-order chi connectivity index (χ0) is 46.5. The van der Waals surface area contributed by atoms with Crippen molar-refractivity contribution in [2.75, 3.05) is 13.2 Å². The van der Waals surface area contributed by atoms with Gasteiger partial charge in [-0.05, 0) is 64.2 Å². The molecule has 1 unspecified atom stereocenters. The van der Waals surface area contributed by atoms with Crippen LogP contribution in [0.5, 0.6) is 0 Å². The lowest BCUT2D eigenvalue weighted by Gasteiger charge is -2.18. The summed E-state index contributed by atoms with van der Waals surface area (Å²) in [6, 6.07) is 0. The molecule has 372 valence electrons. The minimum atomic E-state index is -0.783. The van der Waals surface area contributed by atoms with Gasteiger partial charge in [-0.25, -0.2) is 0 Å². The van der Waals surface area contributed by atoms with Gasteiger partial charge >= 0.3 is 17.9 Å². The van der Waals surface area contributed by atoms with Crippen LogP contribution in [0.15, 0.2) is 48.6 Å². The van der Waals surface area contributed by atoms with Gasteiger partial charge in [0.05, 0.1) is 0 Å². The summed E-state index contributed by atoms with van der Waals surface area (Å²) in [6.07, 6.45) is 63.9. The molecular formula is C58H104O6. The van der Waals surface area contributed by atoms with E-state index in [1.54, 1.807) is 0 Å². The Morgan fingerprint density at radius 3 is 0.953 bits per heavy atom. The molecule has 0 rings (SSSR count). The molecule has 0 amide bonds. The second kappa shape index (κ2) is 53.0. The Hall–Kier alpha value is -2.63. The Kier molecular flexibility index (Phi) is 50.8. The molecule has 0 N–H and O–H groups in total. The molecule has 0 aromatic rings. The fraction of sp³-hybridized carbons (Fsp3) is 0.810. The standard InChI is InChI=1S/C58H104O6/c1-4-7-10-13-16-19-22-24-26-28-30-32-34-36-39-42-45-48-51-57(60)63-54-55(53-62-56(59)50-47-44-41-38-21-18-15-12-9-6-3)64-58(61)52-49-46-43-40-37-35-33-31-29-27-25-23-20-17-14-11-8-5-2/h15,18,22,24,26,28,30,32,55H,4-14,16-17,19-21,23,25,27,29,31,33-54H2,1-3H3/b18-15-,24-22-,28-26-,32-30-. The molecule has 0 saturated heterocycles. The van der Waals surface area contributed by atoms with E-state index in [2.05, 4.69) is 69.4 Å². The van der Waals surface area contributed by atoms with Crippen LogP contribution in [0.3, 0.4) is 0 Å². The van der Waals surface area contributed by atoms with Gasteiger partial charge in [0.15, 0.2) is 6.10 Å². The van der Waals surface area contributed by atoms with Crippen LogP contribution in [0.2, 0.25) is 0 Å². The molecule has 0 aliphatic carbocycles. The third-order valence-corrected chi connectivity index (χ3v) is 12.1. The molecule has 6 heteroatoms. The van der Waals surface area contributed by atoms with E-state index in [9.17, 15) is 14.4 Å². The van der Waals surface area contributed by atoms with Crippen molar-refractivity contribution in [1.29, 1.82) is 0 Å². The molecule has 0 aliphatic rings. The number of rotatable bonds is 50. The van der Waals surface area contributed by atoms with E-state index in [-0.39, 0.29) is 31.1 Å². The lowest BCUT2D eigenvalue weighted by molar-refractivity contribution is -0.167. The van der Waals surface area contributed by atoms with Gasteiger partial charge in [-0.2, -0.15) is 0 Å². The highest BCUT2D eigenvalue weighted by Gasteiger charge is 2.19. The molecule has 0 heterocycles. The monoisotopic (exact) mass is 897 g/mol. The minimum absolute atomic E-state index is 0.0837. The SMILES string of the molecule is CCCC/C=C\CCCCCCC(=O)OCC(COC(=O)CCCCCCC\C=C/C=C\C=C/CCCCCCC)OC(=O)CCCCCCCCCCCCCCCCCCCC. The number of carbonyl (C=O) groups excluding carboxylic acids is 3. The maximum atomic E-state index is 12.8. The van der Waals surface area contributed by atoms with E-state index in [1.165, 1.54) is 148 Å². The zero-order valence-electron chi connectivity index (χ0n) is 42.6. The molecule has 6 nitrogen and oxygen atoms in total. The number of ether oxygens (including phenoxy) is 3. The first kappa shape index (κ1) is 61.4. The van der Waals surface area contributed by atoms with Crippen molar-refractivity contribution in [2.24, 2.45) is 0 Å². The van der Waals surface area contributed by atoms with Crippen LogP contribution in [-0.2, 0) is 28.6 Å². The van der Waals surface area contributed by atoms with Crippen LogP contribution in [-0.4, -0.2) is 37.2 Å². The first-order valence-electron chi connectivity index (χ1n) is 27.7. The van der Waals surface area contributed by atoms with Crippen LogP contribution in [0.1, 0.15) is 284 Å². The van der Waals surface area contributed by atoms with Gasteiger partial charge in [0.25, 0.3) is 0 Å². The van der Waals surface area contributed by atoms with E-state index < -0.39 is 6.10 Å². The minimum Gasteiger partial charge on any atom is -0.462 e. The van der Waals surface area contributed by atoms with E-state index in [1.807, 2.05) is 0 Å². The normalized spacial score (nSPS) is 12.4. The van der Waals surface area contributed by atoms with Crippen LogP contribution in [0.4, 0.5) is 0 Å². The van der Waals surface area contributed by atoms with E-state index >= 15 is 0 Å². The van der Waals surface area contributed by atoms with E-state index in [0.29, 0.717) is 19.3 Å². The summed E-state index contributed by atoms with van der Waals surface area (Å²) in [7, 11) is 0. The molecule has 1 atom stereocenters. The molecule has 0 aromatic carbocycles. The fourth-order valence-corrected chi connectivity index (χ4v) is 7.90. The Morgan fingerprint density at radius 1 is 0.312 bits per heavy atom. The highest BCUT2D eigenvalue weighted by atomic mass is 16.6.